The first-order valence-corrected chi connectivity index (χ1v) is 4.68. The molecule has 0 saturated carbocycles. The van der Waals surface area contributed by atoms with E-state index in [-0.39, 0.29) is 5.97 Å². The normalized spacial score (nSPS) is 12.1. The molecule has 0 saturated heterocycles. The van der Waals surface area contributed by atoms with Gasteiger partial charge in [0.2, 0.25) is 0 Å². The Balaban J connectivity index is 4.64. The molecule has 0 rings (SSSR count). The monoisotopic (exact) mass is 205 g/mol. The first-order valence-electron chi connectivity index (χ1n) is 4.14. The summed E-state index contributed by atoms with van der Waals surface area (Å²) in [7, 11) is 3.70. The summed E-state index contributed by atoms with van der Waals surface area (Å²) in [6.07, 6.45) is 0. The second-order valence-electron chi connectivity index (χ2n) is 2.82. The highest BCUT2D eigenvalue weighted by atomic mass is 35.5. The minimum absolute atomic E-state index is 0.299. The third kappa shape index (κ3) is 3.68. The Hall–Kier alpha value is -0.700. The molecule has 0 heterocycles. The number of allylic oxidation sites excluding steroid dienone is 1. The number of carbonyl (C=O) groups is 1. The van der Waals surface area contributed by atoms with Crippen molar-refractivity contribution in [2.24, 2.45) is 0 Å². The number of esters is 1. The van der Waals surface area contributed by atoms with Crippen molar-refractivity contribution in [2.75, 3.05) is 26.6 Å². The maximum atomic E-state index is 11.3. The van der Waals surface area contributed by atoms with Gasteiger partial charge in [0.1, 0.15) is 0 Å². The van der Waals surface area contributed by atoms with Crippen molar-refractivity contribution in [1.29, 1.82) is 0 Å². The fraction of sp³-hybridized carbons (Fsp3) is 0.667. The van der Waals surface area contributed by atoms with E-state index in [4.69, 9.17) is 16.3 Å². The lowest BCUT2D eigenvalue weighted by Crippen LogP contribution is -2.18. The molecule has 13 heavy (non-hydrogen) atoms. The van der Waals surface area contributed by atoms with Gasteiger partial charge in [-0.3, -0.25) is 0 Å². The fourth-order valence-electron chi connectivity index (χ4n) is 0.912. The largest absolute Gasteiger partial charge is 0.463 e. The predicted molar refractivity (Wildman–Crippen MR) is 53.7 cm³/mol. The Morgan fingerprint density at radius 1 is 1.46 bits per heavy atom. The van der Waals surface area contributed by atoms with E-state index >= 15 is 0 Å². The number of halogens is 1. The Kier molecular flexibility index (Phi) is 5.55. The summed E-state index contributed by atoms with van der Waals surface area (Å²) >= 11 is 5.69. The quantitative estimate of drug-likeness (QED) is 0.397. The molecule has 0 radical (unpaired) electrons. The van der Waals surface area contributed by atoms with Crippen LogP contribution in [0.25, 0.3) is 0 Å². The Morgan fingerprint density at radius 3 is 2.31 bits per heavy atom. The molecule has 0 bridgehead atoms. The second-order valence-corrected chi connectivity index (χ2v) is 3.09. The molecule has 0 spiro atoms. The van der Waals surface area contributed by atoms with Gasteiger partial charge in [-0.15, -0.1) is 11.6 Å². The third-order valence-corrected chi connectivity index (χ3v) is 1.93. The van der Waals surface area contributed by atoms with Crippen LogP contribution in [0.4, 0.5) is 0 Å². The van der Waals surface area contributed by atoms with E-state index in [0.717, 1.165) is 5.70 Å². The molecule has 0 amide bonds. The fourth-order valence-corrected chi connectivity index (χ4v) is 1.35. The van der Waals surface area contributed by atoms with E-state index in [9.17, 15) is 4.79 Å². The summed E-state index contributed by atoms with van der Waals surface area (Å²) in [4.78, 5) is 13.1. The topological polar surface area (TPSA) is 29.5 Å². The van der Waals surface area contributed by atoms with Crippen LogP contribution in [0.3, 0.4) is 0 Å². The lowest BCUT2D eigenvalue weighted by Gasteiger charge is -2.17. The third-order valence-electron chi connectivity index (χ3n) is 1.68. The highest BCUT2D eigenvalue weighted by Crippen LogP contribution is 2.10. The van der Waals surface area contributed by atoms with Gasteiger partial charge in [0.15, 0.2) is 0 Å². The van der Waals surface area contributed by atoms with Crippen molar-refractivity contribution in [1.82, 2.24) is 4.90 Å². The van der Waals surface area contributed by atoms with Crippen LogP contribution in [0.5, 0.6) is 0 Å². The maximum Gasteiger partial charge on any atom is 0.335 e. The molecule has 0 N–H and O–H groups in total. The number of hydrogen-bond donors (Lipinski definition) is 0. The van der Waals surface area contributed by atoms with Crippen LogP contribution in [0, 0.1) is 0 Å². The van der Waals surface area contributed by atoms with Crippen molar-refractivity contribution in [3.8, 4) is 0 Å². The van der Waals surface area contributed by atoms with E-state index in [1.807, 2.05) is 19.0 Å². The van der Waals surface area contributed by atoms with Crippen LogP contribution >= 0.6 is 11.6 Å². The summed E-state index contributed by atoms with van der Waals surface area (Å²) in [6, 6.07) is 0. The first-order chi connectivity index (χ1) is 6.04. The number of rotatable bonds is 4. The molecule has 3 nitrogen and oxygen atoms in total. The summed E-state index contributed by atoms with van der Waals surface area (Å²) in [5.74, 6) is 0.0179. The van der Waals surface area contributed by atoms with Gasteiger partial charge in [-0.25, -0.2) is 4.79 Å². The van der Waals surface area contributed by atoms with Crippen molar-refractivity contribution >= 4 is 17.6 Å². The molecule has 4 heteroatoms. The van der Waals surface area contributed by atoms with Crippen molar-refractivity contribution in [3.63, 3.8) is 0 Å². The Morgan fingerprint density at radius 2 is 2.00 bits per heavy atom. The van der Waals surface area contributed by atoms with Crippen LogP contribution < -0.4 is 0 Å². The molecule has 0 aromatic heterocycles. The van der Waals surface area contributed by atoms with Gasteiger partial charge >= 0.3 is 5.97 Å². The number of hydrogen-bond acceptors (Lipinski definition) is 3. The number of carbonyl (C=O) groups excluding carboxylic acids is 1. The van der Waals surface area contributed by atoms with Crippen molar-refractivity contribution < 1.29 is 9.53 Å². The zero-order valence-electron chi connectivity index (χ0n) is 8.56. The second kappa shape index (κ2) is 5.86. The van der Waals surface area contributed by atoms with Crippen molar-refractivity contribution in [3.05, 3.63) is 11.3 Å². The van der Waals surface area contributed by atoms with E-state index < -0.39 is 0 Å². The van der Waals surface area contributed by atoms with Crippen molar-refractivity contribution in [2.45, 2.75) is 13.8 Å². The van der Waals surface area contributed by atoms with Gasteiger partial charge in [-0.05, 0) is 13.8 Å². The lowest BCUT2D eigenvalue weighted by molar-refractivity contribution is -0.138. The minimum atomic E-state index is -0.299. The highest BCUT2D eigenvalue weighted by Gasteiger charge is 2.12. The first kappa shape index (κ1) is 12.3. The standard InChI is InChI=1S/C9H16ClNO2/c1-5-13-9(12)7(2)8(6-10)11(3)4/h5-6H2,1-4H3. The highest BCUT2D eigenvalue weighted by molar-refractivity contribution is 6.19. The SMILES string of the molecule is CCOC(=O)C(C)=C(CCl)N(C)C. The number of alkyl halides is 1. The van der Waals surface area contributed by atoms with Gasteiger partial charge in [0, 0.05) is 19.8 Å². The van der Waals surface area contributed by atoms with Crippen LogP contribution in [-0.2, 0) is 9.53 Å². The molecule has 0 fully saturated rings. The average molecular weight is 206 g/mol. The van der Waals surface area contributed by atoms with E-state index in [2.05, 4.69) is 0 Å². The summed E-state index contributed by atoms with van der Waals surface area (Å²) in [6.45, 7) is 3.89. The van der Waals surface area contributed by atoms with E-state index in [1.54, 1.807) is 13.8 Å². The molecule has 76 valence electrons. The molecule has 0 atom stereocenters. The molecular formula is C9H16ClNO2. The Labute approximate surface area is 84.3 Å². The lowest BCUT2D eigenvalue weighted by atomic mass is 10.2. The number of ether oxygens (including phenoxy) is 1. The van der Waals surface area contributed by atoms with E-state index in [0.29, 0.717) is 18.1 Å². The van der Waals surface area contributed by atoms with Gasteiger partial charge < -0.3 is 9.64 Å². The molecule has 0 aliphatic rings. The Bertz CT molecular complexity index is 212. The van der Waals surface area contributed by atoms with E-state index in [1.165, 1.54) is 0 Å². The van der Waals surface area contributed by atoms with Crippen LogP contribution in [0.15, 0.2) is 11.3 Å². The van der Waals surface area contributed by atoms with Crippen LogP contribution in [0.1, 0.15) is 13.8 Å². The summed E-state index contributed by atoms with van der Waals surface area (Å²) in [5, 5.41) is 0. The zero-order chi connectivity index (χ0) is 10.4. The minimum Gasteiger partial charge on any atom is -0.463 e. The number of nitrogens with zero attached hydrogens (tertiary/aromatic N) is 1. The van der Waals surface area contributed by atoms with Crippen LogP contribution in [-0.4, -0.2) is 37.5 Å². The zero-order valence-corrected chi connectivity index (χ0v) is 9.31. The predicted octanol–water partition coefficient (Wildman–Crippen LogP) is 1.62. The average Bonchev–Trinajstić information content (AvgIpc) is 2.05. The summed E-state index contributed by atoms with van der Waals surface area (Å²) < 4.78 is 4.85. The molecule has 0 aromatic carbocycles. The molecule has 0 aromatic rings. The van der Waals surface area contributed by atoms with Gasteiger partial charge in [-0.1, -0.05) is 0 Å². The molecule has 0 unspecified atom stereocenters. The maximum absolute atomic E-state index is 11.3. The van der Waals surface area contributed by atoms with Gasteiger partial charge in [-0.2, -0.15) is 0 Å². The summed E-state index contributed by atoms with van der Waals surface area (Å²) in [5.41, 5.74) is 1.36. The molecule has 0 aliphatic carbocycles. The smallest absolute Gasteiger partial charge is 0.335 e. The van der Waals surface area contributed by atoms with Gasteiger partial charge in [0.05, 0.1) is 18.1 Å². The molecule has 0 aliphatic heterocycles. The van der Waals surface area contributed by atoms with Gasteiger partial charge in [0.25, 0.3) is 0 Å². The van der Waals surface area contributed by atoms with Crippen LogP contribution in [0.2, 0.25) is 0 Å². The molecular weight excluding hydrogens is 190 g/mol.